The second-order valence-electron chi connectivity index (χ2n) is 10.5. The van der Waals surface area contributed by atoms with Gasteiger partial charge in [-0.3, -0.25) is 0 Å². The Morgan fingerprint density at radius 1 is 0.724 bits per heavy atom. The molecule has 2 unspecified atom stereocenters. The Morgan fingerprint density at radius 3 is 1.69 bits per heavy atom. The Balaban J connectivity index is 2.98. The van der Waals surface area contributed by atoms with Gasteiger partial charge in [0.2, 0.25) is 0 Å². The molecule has 0 aromatic heterocycles. The van der Waals surface area contributed by atoms with Gasteiger partial charge in [-0.15, -0.1) is 0 Å². The first-order valence-electron chi connectivity index (χ1n) is 13.9. The smallest absolute Gasteiger partial charge is 0.00773 e. The van der Waals surface area contributed by atoms with E-state index < -0.39 is 0 Å². The standard InChI is InChI=1S/C28H57N/c1-5-9-17-25(7-3)23-28(27-19-13-14-20-27,21-15-11-12-16-22-29)24-26(8-4)18-10-6-2/h25-27H,5-24,29H2,1-4H3. The Morgan fingerprint density at radius 2 is 1.24 bits per heavy atom. The maximum Gasteiger partial charge on any atom is -0.00773 e. The van der Waals surface area contributed by atoms with Gasteiger partial charge in [0.25, 0.3) is 0 Å². The maximum absolute atomic E-state index is 5.76. The Bertz CT molecular complexity index is 339. The van der Waals surface area contributed by atoms with Crippen LogP contribution in [0.5, 0.6) is 0 Å². The van der Waals surface area contributed by atoms with Crippen molar-refractivity contribution in [2.45, 2.75) is 150 Å². The van der Waals surface area contributed by atoms with E-state index in [1.807, 2.05) is 0 Å². The SMILES string of the molecule is CCCCC(CC)CC(CCCCCCN)(CC(CC)CCCC)C1CCCC1. The van der Waals surface area contributed by atoms with Crippen LogP contribution in [0.15, 0.2) is 0 Å². The summed E-state index contributed by atoms with van der Waals surface area (Å²) in [7, 11) is 0. The van der Waals surface area contributed by atoms with Crippen LogP contribution in [-0.2, 0) is 0 Å². The van der Waals surface area contributed by atoms with Crippen LogP contribution in [0.3, 0.4) is 0 Å². The van der Waals surface area contributed by atoms with Crippen molar-refractivity contribution in [3.05, 3.63) is 0 Å². The molecule has 1 fully saturated rings. The number of rotatable bonds is 19. The average Bonchev–Trinajstić information content (AvgIpc) is 3.29. The van der Waals surface area contributed by atoms with E-state index in [4.69, 9.17) is 5.73 Å². The van der Waals surface area contributed by atoms with Gasteiger partial charge < -0.3 is 5.73 Å². The largest absolute Gasteiger partial charge is 0.330 e. The van der Waals surface area contributed by atoms with E-state index in [0.717, 1.165) is 24.3 Å². The van der Waals surface area contributed by atoms with Crippen molar-refractivity contribution in [2.75, 3.05) is 6.54 Å². The lowest BCUT2D eigenvalue weighted by atomic mass is 9.60. The highest BCUT2D eigenvalue weighted by Crippen LogP contribution is 2.53. The zero-order chi connectivity index (χ0) is 21.4. The lowest BCUT2D eigenvalue weighted by Crippen LogP contribution is -2.34. The summed E-state index contributed by atoms with van der Waals surface area (Å²) >= 11 is 0. The molecule has 2 N–H and O–H groups in total. The minimum atomic E-state index is 0.641. The van der Waals surface area contributed by atoms with Crippen LogP contribution >= 0.6 is 0 Å². The molecule has 0 heterocycles. The van der Waals surface area contributed by atoms with Crippen molar-refractivity contribution in [2.24, 2.45) is 28.9 Å². The molecule has 0 saturated heterocycles. The molecule has 1 nitrogen and oxygen atoms in total. The summed E-state index contributed by atoms with van der Waals surface area (Å²) in [6, 6.07) is 0. The molecule has 1 heteroatoms. The summed E-state index contributed by atoms with van der Waals surface area (Å²) in [5.41, 5.74) is 6.40. The minimum absolute atomic E-state index is 0.641. The topological polar surface area (TPSA) is 26.0 Å². The van der Waals surface area contributed by atoms with Crippen LogP contribution in [0.25, 0.3) is 0 Å². The van der Waals surface area contributed by atoms with Crippen molar-refractivity contribution in [1.82, 2.24) is 0 Å². The van der Waals surface area contributed by atoms with E-state index in [0.29, 0.717) is 5.41 Å². The third-order valence-corrected chi connectivity index (χ3v) is 8.33. The summed E-state index contributed by atoms with van der Waals surface area (Å²) in [5.74, 6) is 2.94. The molecule has 2 atom stereocenters. The normalized spacial score (nSPS) is 19.3. The first kappa shape index (κ1) is 27.0. The third-order valence-electron chi connectivity index (χ3n) is 8.33. The zero-order valence-electron chi connectivity index (χ0n) is 21.0. The second kappa shape index (κ2) is 16.6. The lowest BCUT2D eigenvalue weighted by molar-refractivity contribution is 0.0586. The summed E-state index contributed by atoms with van der Waals surface area (Å²) in [4.78, 5) is 0. The van der Waals surface area contributed by atoms with E-state index in [2.05, 4.69) is 27.7 Å². The van der Waals surface area contributed by atoms with E-state index in [9.17, 15) is 0 Å². The number of hydrogen-bond acceptors (Lipinski definition) is 1. The summed E-state index contributed by atoms with van der Waals surface area (Å²) in [5, 5.41) is 0. The van der Waals surface area contributed by atoms with Crippen molar-refractivity contribution < 1.29 is 0 Å². The lowest BCUT2D eigenvalue weighted by Gasteiger charge is -2.45. The summed E-state index contributed by atoms with van der Waals surface area (Å²) in [6.07, 6.45) is 27.4. The van der Waals surface area contributed by atoms with Crippen LogP contribution in [-0.4, -0.2) is 6.54 Å². The van der Waals surface area contributed by atoms with Gasteiger partial charge in [0, 0.05) is 0 Å². The predicted octanol–water partition coefficient (Wildman–Crippen LogP) is 9.29. The van der Waals surface area contributed by atoms with Crippen molar-refractivity contribution in [3.63, 3.8) is 0 Å². The maximum atomic E-state index is 5.76. The first-order valence-corrected chi connectivity index (χ1v) is 13.9. The van der Waals surface area contributed by atoms with Gasteiger partial charge in [-0.1, -0.05) is 111 Å². The van der Waals surface area contributed by atoms with Crippen molar-refractivity contribution >= 4 is 0 Å². The molecule has 0 bridgehead atoms. The molecule has 1 aliphatic rings. The van der Waals surface area contributed by atoms with E-state index >= 15 is 0 Å². The Hall–Kier alpha value is -0.0400. The third kappa shape index (κ3) is 10.2. The van der Waals surface area contributed by atoms with Crippen LogP contribution in [0, 0.1) is 23.2 Å². The molecule has 29 heavy (non-hydrogen) atoms. The van der Waals surface area contributed by atoms with Gasteiger partial charge >= 0.3 is 0 Å². The van der Waals surface area contributed by atoms with Crippen molar-refractivity contribution in [3.8, 4) is 0 Å². The van der Waals surface area contributed by atoms with Crippen LogP contribution in [0.1, 0.15) is 150 Å². The van der Waals surface area contributed by atoms with Gasteiger partial charge in [0.05, 0.1) is 0 Å². The minimum Gasteiger partial charge on any atom is -0.330 e. The highest BCUT2D eigenvalue weighted by Gasteiger charge is 2.41. The van der Waals surface area contributed by atoms with E-state index in [-0.39, 0.29) is 0 Å². The highest BCUT2D eigenvalue weighted by molar-refractivity contribution is 4.92. The van der Waals surface area contributed by atoms with Crippen LogP contribution < -0.4 is 5.73 Å². The number of hydrogen-bond donors (Lipinski definition) is 1. The Kier molecular flexibility index (Phi) is 15.5. The van der Waals surface area contributed by atoms with Crippen molar-refractivity contribution in [1.29, 1.82) is 0 Å². The van der Waals surface area contributed by atoms with Gasteiger partial charge in [-0.2, -0.15) is 0 Å². The second-order valence-corrected chi connectivity index (χ2v) is 10.5. The number of unbranched alkanes of at least 4 members (excludes halogenated alkanes) is 5. The molecule has 0 spiro atoms. The molecule has 1 saturated carbocycles. The highest BCUT2D eigenvalue weighted by atomic mass is 14.5. The summed E-state index contributed by atoms with van der Waals surface area (Å²) < 4.78 is 0. The molecule has 1 aliphatic carbocycles. The molecule has 0 aromatic carbocycles. The molecule has 0 radical (unpaired) electrons. The van der Waals surface area contributed by atoms with Crippen LogP contribution in [0.2, 0.25) is 0 Å². The molecule has 0 amide bonds. The molecule has 1 rings (SSSR count). The van der Waals surface area contributed by atoms with Crippen LogP contribution in [0.4, 0.5) is 0 Å². The number of nitrogens with two attached hydrogens (primary N) is 1. The zero-order valence-corrected chi connectivity index (χ0v) is 21.0. The molecule has 174 valence electrons. The fraction of sp³-hybridized carbons (Fsp3) is 1.00. The first-order chi connectivity index (χ1) is 14.2. The molecule has 0 aliphatic heterocycles. The fourth-order valence-corrected chi connectivity index (χ4v) is 6.37. The van der Waals surface area contributed by atoms with Gasteiger partial charge in [-0.25, -0.2) is 0 Å². The average molecular weight is 408 g/mol. The van der Waals surface area contributed by atoms with E-state index in [1.165, 1.54) is 122 Å². The summed E-state index contributed by atoms with van der Waals surface area (Å²) in [6.45, 7) is 10.5. The predicted molar refractivity (Wildman–Crippen MR) is 132 cm³/mol. The van der Waals surface area contributed by atoms with Gasteiger partial charge in [0.15, 0.2) is 0 Å². The molecular formula is C28H57N. The molecule has 0 aromatic rings. The quantitative estimate of drug-likeness (QED) is 0.212. The molecular weight excluding hydrogens is 350 g/mol. The Labute approximate surface area is 185 Å². The van der Waals surface area contributed by atoms with Gasteiger partial charge in [0.1, 0.15) is 0 Å². The van der Waals surface area contributed by atoms with E-state index in [1.54, 1.807) is 0 Å². The van der Waals surface area contributed by atoms with Gasteiger partial charge in [-0.05, 0) is 68.2 Å². The fourth-order valence-electron chi connectivity index (χ4n) is 6.37. The monoisotopic (exact) mass is 407 g/mol.